The van der Waals surface area contributed by atoms with Gasteiger partial charge in [0.2, 0.25) is 0 Å². The van der Waals surface area contributed by atoms with Crippen LogP contribution in [0.5, 0.6) is 0 Å². The highest BCUT2D eigenvalue weighted by Gasteiger charge is 2.36. The van der Waals surface area contributed by atoms with Crippen molar-refractivity contribution in [3.05, 3.63) is 0 Å². The third kappa shape index (κ3) is 3.45. The van der Waals surface area contributed by atoms with Crippen LogP contribution in [0, 0.1) is 5.41 Å². The molecular weight excluding hydrogens is 214 g/mol. The lowest BCUT2D eigenvalue weighted by Crippen LogP contribution is -2.30. The molecule has 0 saturated carbocycles. The summed E-state index contributed by atoms with van der Waals surface area (Å²) in [6.45, 7) is 4.62. The van der Waals surface area contributed by atoms with Crippen molar-refractivity contribution in [1.29, 1.82) is 0 Å². The minimum atomic E-state index is -3.14. The molecule has 1 saturated heterocycles. The molecule has 0 spiro atoms. The maximum Gasteiger partial charge on any atom is 0.357 e. The zero-order chi connectivity index (χ0) is 9.95. The van der Waals surface area contributed by atoms with Crippen LogP contribution in [-0.2, 0) is 22.7 Å². The number of rotatable bonds is 3. The third-order valence-corrected chi connectivity index (χ3v) is 3.50. The molecule has 0 aliphatic carbocycles. The second kappa shape index (κ2) is 4.16. The normalized spacial score (nSPS) is 26.0. The monoisotopic (exact) mass is 226 g/mol. The van der Waals surface area contributed by atoms with Gasteiger partial charge < -0.3 is 9.05 Å². The van der Waals surface area contributed by atoms with Crippen LogP contribution in [0.4, 0.5) is 0 Å². The molecule has 0 atom stereocenters. The van der Waals surface area contributed by atoms with Crippen molar-refractivity contribution < 1.29 is 22.7 Å². The van der Waals surface area contributed by atoms with Crippen LogP contribution in [0.2, 0.25) is 0 Å². The zero-order valence-corrected chi connectivity index (χ0v) is 9.35. The van der Waals surface area contributed by atoms with Crippen molar-refractivity contribution in [1.82, 2.24) is 0 Å². The lowest BCUT2D eigenvalue weighted by atomic mass is 9.97. The molecule has 1 fully saturated rings. The molecule has 0 unspecified atom stereocenters. The van der Waals surface area contributed by atoms with Crippen LogP contribution >= 0.6 is 16.3 Å². The van der Waals surface area contributed by atoms with Crippen molar-refractivity contribution >= 4 is 16.3 Å². The highest BCUT2D eigenvalue weighted by molar-refractivity contribution is 7.53. The second-order valence-electron chi connectivity index (χ2n) is 3.65. The first-order valence-electron chi connectivity index (χ1n) is 3.80. The van der Waals surface area contributed by atoms with Gasteiger partial charge in [-0.05, 0) is 0 Å². The van der Waals surface area contributed by atoms with Crippen LogP contribution in [-0.4, -0.2) is 19.6 Å². The fraction of sp³-hybridized carbons (Fsp3) is 1.00. The number of hydrogen-bond donors (Lipinski definition) is 0. The Morgan fingerprint density at radius 2 is 2.00 bits per heavy atom. The average molecular weight is 226 g/mol. The molecule has 76 valence electrons. The Balaban J connectivity index is 2.47. The van der Waals surface area contributed by atoms with Crippen molar-refractivity contribution in [3.63, 3.8) is 0 Å². The van der Waals surface area contributed by atoms with E-state index in [-0.39, 0.29) is 11.8 Å². The second-order valence-corrected chi connectivity index (χ2v) is 6.06. The van der Waals surface area contributed by atoms with Gasteiger partial charge in [-0.25, -0.2) is 4.57 Å². The summed E-state index contributed by atoms with van der Waals surface area (Å²) in [4.78, 5) is 0. The summed E-state index contributed by atoms with van der Waals surface area (Å²) in [6, 6.07) is 0. The van der Waals surface area contributed by atoms with Crippen molar-refractivity contribution in [2.75, 3.05) is 19.6 Å². The topological polar surface area (TPSA) is 61.8 Å². The molecule has 5 nitrogen and oxygen atoms in total. The van der Waals surface area contributed by atoms with Gasteiger partial charge in [0.15, 0.2) is 6.35 Å². The Labute approximate surface area is 78.6 Å². The van der Waals surface area contributed by atoms with E-state index < -0.39 is 16.3 Å². The predicted octanol–water partition coefficient (Wildman–Crippen LogP) is 2.43. The fourth-order valence-electron chi connectivity index (χ4n) is 0.794. The van der Waals surface area contributed by atoms with Gasteiger partial charge in [0.1, 0.15) is 0 Å². The van der Waals surface area contributed by atoms with Crippen LogP contribution < -0.4 is 0 Å². The Morgan fingerprint density at radius 1 is 1.46 bits per heavy atom. The summed E-state index contributed by atoms with van der Waals surface area (Å²) in [6.07, 6.45) is -0.256. The third-order valence-electron chi connectivity index (χ3n) is 1.57. The predicted molar refractivity (Wildman–Crippen MR) is 46.9 cm³/mol. The molecule has 13 heavy (non-hydrogen) atoms. The first-order valence-corrected chi connectivity index (χ1v) is 6.26. The maximum atomic E-state index is 11.6. The molecule has 1 heterocycles. The molecule has 0 bridgehead atoms. The lowest BCUT2D eigenvalue weighted by Gasteiger charge is -2.33. The van der Waals surface area contributed by atoms with E-state index >= 15 is 0 Å². The average Bonchev–Trinajstić information content (AvgIpc) is 2.08. The van der Waals surface area contributed by atoms with Crippen LogP contribution in [0.3, 0.4) is 0 Å². The van der Waals surface area contributed by atoms with Gasteiger partial charge in [0.25, 0.3) is 0 Å². The molecule has 0 aromatic carbocycles. The highest BCUT2D eigenvalue weighted by atomic mass is 31.2. The molecule has 0 amide bonds. The van der Waals surface area contributed by atoms with Crippen molar-refractivity contribution in [3.8, 4) is 0 Å². The van der Waals surface area contributed by atoms with E-state index in [1.165, 1.54) is 0 Å². The minimum absolute atomic E-state index is 0.122. The molecule has 1 aliphatic rings. The van der Waals surface area contributed by atoms with Crippen LogP contribution in [0.25, 0.3) is 0 Å². The Bertz CT molecular complexity index is 225. The Kier molecular flexibility index (Phi) is 3.61. The van der Waals surface area contributed by atoms with Gasteiger partial charge in [-0.1, -0.05) is 13.8 Å². The van der Waals surface area contributed by atoms with E-state index in [0.29, 0.717) is 13.2 Å². The summed E-state index contributed by atoms with van der Waals surface area (Å²) in [5, 5.41) is 0. The lowest BCUT2D eigenvalue weighted by molar-refractivity contribution is 0.0360. The fourth-order valence-corrected chi connectivity index (χ4v) is 2.86. The molecule has 0 aromatic rings. The Morgan fingerprint density at radius 3 is 2.46 bits per heavy atom. The van der Waals surface area contributed by atoms with E-state index in [9.17, 15) is 9.13 Å². The van der Waals surface area contributed by atoms with Gasteiger partial charge in [-0.2, -0.15) is 0 Å². The van der Waals surface area contributed by atoms with E-state index in [1.54, 1.807) is 0 Å². The van der Waals surface area contributed by atoms with Gasteiger partial charge in [-0.15, -0.1) is 0 Å². The first kappa shape index (κ1) is 11.3. The van der Waals surface area contributed by atoms with E-state index in [1.807, 2.05) is 13.8 Å². The maximum absolute atomic E-state index is 11.6. The van der Waals surface area contributed by atoms with Gasteiger partial charge >= 0.3 is 16.3 Å². The largest absolute Gasteiger partial charge is 0.357 e. The quantitative estimate of drug-likeness (QED) is 0.691. The molecule has 0 radical (unpaired) electrons. The van der Waals surface area contributed by atoms with E-state index in [2.05, 4.69) is 4.52 Å². The smallest absolute Gasteiger partial charge is 0.306 e. The van der Waals surface area contributed by atoms with Crippen LogP contribution in [0.1, 0.15) is 13.8 Å². The SMILES string of the molecule is CC1(C)COP(=O)(COP=O)OC1. The summed E-state index contributed by atoms with van der Waals surface area (Å²) < 4.78 is 36.1. The van der Waals surface area contributed by atoms with Gasteiger partial charge in [0, 0.05) is 5.41 Å². The minimum Gasteiger partial charge on any atom is -0.306 e. The molecule has 0 N–H and O–H groups in total. The molecule has 1 aliphatic heterocycles. The molecule has 7 heteroatoms. The summed E-state index contributed by atoms with van der Waals surface area (Å²) in [7, 11) is -3.65. The van der Waals surface area contributed by atoms with E-state index in [0.717, 1.165) is 0 Å². The van der Waals surface area contributed by atoms with Gasteiger partial charge in [-0.3, -0.25) is 9.09 Å². The molecule has 1 rings (SSSR count). The van der Waals surface area contributed by atoms with E-state index in [4.69, 9.17) is 9.05 Å². The van der Waals surface area contributed by atoms with Crippen molar-refractivity contribution in [2.24, 2.45) is 5.41 Å². The first-order chi connectivity index (χ1) is 5.97. The standard InChI is InChI=1S/C6H12O5P2/c1-6(2)3-10-13(8,11-4-6)5-9-12-7/h3-5H2,1-2H3. The molecular formula is C6H12O5P2. The van der Waals surface area contributed by atoms with Gasteiger partial charge in [0.05, 0.1) is 13.2 Å². The van der Waals surface area contributed by atoms with Crippen LogP contribution in [0.15, 0.2) is 0 Å². The van der Waals surface area contributed by atoms with Crippen molar-refractivity contribution in [2.45, 2.75) is 13.8 Å². The highest BCUT2D eigenvalue weighted by Crippen LogP contribution is 2.53. The Hall–Kier alpha value is 0.210. The summed E-state index contributed by atoms with van der Waals surface area (Å²) >= 11 is 0. The molecule has 0 aromatic heterocycles. The number of hydrogen-bond acceptors (Lipinski definition) is 5. The summed E-state index contributed by atoms with van der Waals surface area (Å²) in [5.74, 6) is 0. The zero-order valence-electron chi connectivity index (χ0n) is 7.56. The summed E-state index contributed by atoms with van der Waals surface area (Å²) in [5.41, 5.74) is -0.122.